The molecule has 0 unspecified atom stereocenters. The first-order chi connectivity index (χ1) is 10.6. The molecule has 4 fully saturated rings. The first-order valence-corrected chi connectivity index (χ1v) is 9.37. The Morgan fingerprint density at radius 3 is 2.45 bits per heavy atom. The van der Waals surface area contributed by atoms with Crippen molar-refractivity contribution in [1.29, 1.82) is 0 Å². The molecule has 0 aliphatic heterocycles. The molecule has 4 heteroatoms. The Hall–Kier alpha value is -1.16. The fourth-order valence-corrected chi connectivity index (χ4v) is 6.31. The zero-order chi connectivity index (χ0) is 15.2. The van der Waals surface area contributed by atoms with Crippen LogP contribution in [0.1, 0.15) is 61.5 Å². The van der Waals surface area contributed by atoms with Crippen LogP contribution in [-0.2, 0) is 0 Å². The van der Waals surface area contributed by atoms with E-state index < -0.39 is 0 Å². The number of hydrazone groups is 1. The molecule has 0 spiro atoms. The third-order valence-electron chi connectivity index (χ3n) is 5.89. The first-order valence-electron chi connectivity index (χ1n) is 8.49. The number of hydrogen-bond acceptors (Lipinski definition) is 3. The Balaban J connectivity index is 1.40. The van der Waals surface area contributed by atoms with Crippen molar-refractivity contribution in [2.24, 2.45) is 28.3 Å². The number of thiophene rings is 1. The second kappa shape index (κ2) is 5.48. The van der Waals surface area contributed by atoms with Crippen LogP contribution in [0.15, 0.2) is 22.6 Å². The SMILES string of the molecule is C/C(CC12CC3CC(CC(C3)C1)C2)=N/NC(=O)c1cccs1. The van der Waals surface area contributed by atoms with Gasteiger partial charge in [-0.05, 0) is 86.5 Å². The molecule has 5 rings (SSSR count). The molecule has 118 valence electrons. The van der Waals surface area contributed by atoms with Crippen LogP contribution in [0.2, 0.25) is 0 Å². The third-order valence-corrected chi connectivity index (χ3v) is 6.76. The van der Waals surface area contributed by atoms with Gasteiger partial charge in [0.05, 0.1) is 4.88 Å². The first kappa shape index (κ1) is 14.4. The summed E-state index contributed by atoms with van der Waals surface area (Å²) in [5.41, 5.74) is 4.31. The number of carbonyl (C=O) groups excluding carboxylic acids is 1. The quantitative estimate of drug-likeness (QED) is 0.646. The molecule has 1 heterocycles. The van der Waals surface area contributed by atoms with Gasteiger partial charge in [-0.1, -0.05) is 6.07 Å². The van der Waals surface area contributed by atoms with E-state index in [-0.39, 0.29) is 5.91 Å². The number of carbonyl (C=O) groups is 1. The molecule has 3 nitrogen and oxygen atoms in total. The van der Waals surface area contributed by atoms with Gasteiger partial charge in [0.2, 0.25) is 0 Å². The monoisotopic (exact) mass is 316 g/mol. The summed E-state index contributed by atoms with van der Waals surface area (Å²) >= 11 is 1.46. The van der Waals surface area contributed by atoms with Crippen molar-refractivity contribution < 1.29 is 4.79 Å². The van der Waals surface area contributed by atoms with Crippen molar-refractivity contribution in [3.8, 4) is 0 Å². The Labute approximate surface area is 136 Å². The third kappa shape index (κ3) is 2.73. The fraction of sp³-hybridized carbons (Fsp3) is 0.667. The molecule has 1 aromatic heterocycles. The van der Waals surface area contributed by atoms with Gasteiger partial charge in [-0.15, -0.1) is 11.3 Å². The van der Waals surface area contributed by atoms with Gasteiger partial charge < -0.3 is 0 Å². The summed E-state index contributed by atoms with van der Waals surface area (Å²) in [5, 5.41) is 6.30. The van der Waals surface area contributed by atoms with E-state index in [9.17, 15) is 4.79 Å². The summed E-state index contributed by atoms with van der Waals surface area (Å²) in [6, 6.07) is 3.73. The van der Waals surface area contributed by atoms with E-state index in [0.717, 1.165) is 34.8 Å². The molecule has 22 heavy (non-hydrogen) atoms. The van der Waals surface area contributed by atoms with Gasteiger partial charge in [0.25, 0.3) is 5.91 Å². The highest BCUT2D eigenvalue weighted by Crippen LogP contribution is 2.61. The van der Waals surface area contributed by atoms with Crippen molar-refractivity contribution in [3.63, 3.8) is 0 Å². The molecule has 0 atom stereocenters. The highest BCUT2D eigenvalue weighted by Gasteiger charge is 2.50. The fourth-order valence-electron chi connectivity index (χ4n) is 5.70. The molecule has 4 aliphatic rings. The molecular formula is C18H24N2OS. The van der Waals surface area contributed by atoms with Crippen LogP contribution in [0.4, 0.5) is 0 Å². The van der Waals surface area contributed by atoms with Crippen LogP contribution >= 0.6 is 11.3 Å². The Bertz CT molecular complexity index is 555. The molecule has 0 saturated heterocycles. The lowest BCUT2D eigenvalue weighted by molar-refractivity contribution is -0.0482. The second-order valence-electron chi connectivity index (χ2n) is 7.86. The van der Waals surface area contributed by atoms with E-state index in [1.165, 1.54) is 49.9 Å². The maximum atomic E-state index is 12.0. The highest BCUT2D eigenvalue weighted by atomic mass is 32.1. The van der Waals surface area contributed by atoms with E-state index >= 15 is 0 Å². The van der Waals surface area contributed by atoms with Crippen LogP contribution in [0.3, 0.4) is 0 Å². The minimum Gasteiger partial charge on any atom is -0.266 e. The Morgan fingerprint density at radius 1 is 1.27 bits per heavy atom. The lowest BCUT2D eigenvalue weighted by atomic mass is 9.48. The van der Waals surface area contributed by atoms with Crippen LogP contribution in [0.5, 0.6) is 0 Å². The maximum absolute atomic E-state index is 12.0. The van der Waals surface area contributed by atoms with Gasteiger partial charge in [-0.25, -0.2) is 5.43 Å². The maximum Gasteiger partial charge on any atom is 0.281 e. The summed E-state index contributed by atoms with van der Waals surface area (Å²) < 4.78 is 0. The van der Waals surface area contributed by atoms with E-state index in [4.69, 9.17) is 0 Å². The standard InChI is InChI=1S/C18H24N2OS/c1-12(19-20-17(21)16-3-2-4-22-16)8-18-9-13-5-14(10-18)7-15(6-13)11-18/h2-4,13-15H,5-11H2,1H3,(H,20,21)/b19-12-. The number of rotatable bonds is 4. The summed E-state index contributed by atoms with van der Waals surface area (Å²) in [6.07, 6.45) is 9.68. The van der Waals surface area contributed by atoms with Crippen molar-refractivity contribution in [2.75, 3.05) is 0 Å². The zero-order valence-corrected chi connectivity index (χ0v) is 14.0. The zero-order valence-electron chi connectivity index (χ0n) is 13.2. The van der Waals surface area contributed by atoms with Gasteiger partial charge in [0, 0.05) is 5.71 Å². The molecule has 0 radical (unpaired) electrons. The lowest BCUT2D eigenvalue weighted by Gasteiger charge is -2.57. The predicted octanol–water partition coefficient (Wildman–Crippen LogP) is 4.46. The number of nitrogens with one attached hydrogen (secondary N) is 1. The smallest absolute Gasteiger partial charge is 0.266 e. The van der Waals surface area contributed by atoms with Crippen LogP contribution in [0, 0.1) is 23.2 Å². The number of amides is 1. The largest absolute Gasteiger partial charge is 0.281 e. The van der Waals surface area contributed by atoms with E-state index in [2.05, 4.69) is 17.5 Å². The van der Waals surface area contributed by atoms with Crippen molar-refractivity contribution in [2.45, 2.75) is 51.9 Å². The number of hydrogen-bond donors (Lipinski definition) is 1. The molecule has 0 aromatic carbocycles. The summed E-state index contributed by atoms with van der Waals surface area (Å²) in [6.45, 7) is 2.08. The minimum absolute atomic E-state index is 0.0835. The van der Waals surface area contributed by atoms with E-state index in [1.807, 2.05) is 17.5 Å². The predicted molar refractivity (Wildman–Crippen MR) is 90.1 cm³/mol. The van der Waals surface area contributed by atoms with Crippen molar-refractivity contribution in [3.05, 3.63) is 22.4 Å². The summed E-state index contributed by atoms with van der Waals surface area (Å²) in [5.74, 6) is 2.83. The normalized spacial score (nSPS) is 36.6. The lowest BCUT2D eigenvalue weighted by Crippen LogP contribution is -2.46. The number of nitrogens with zero attached hydrogens (tertiary/aromatic N) is 1. The van der Waals surface area contributed by atoms with Gasteiger partial charge in [0.15, 0.2) is 0 Å². The van der Waals surface area contributed by atoms with Crippen LogP contribution in [-0.4, -0.2) is 11.6 Å². The molecule has 4 saturated carbocycles. The van der Waals surface area contributed by atoms with Gasteiger partial charge >= 0.3 is 0 Å². The Kier molecular flexibility index (Phi) is 3.60. The van der Waals surface area contributed by atoms with E-state index in [1.54, 1.807) is 0 Å². The van der Waals surface area contributed by atoms with Crippen molar-refractivity contribution in [1.82, 2.24) is 5.43 Å². The minimum atomic E-state index is -0.0835. The average Bonchev–Trinajstić information content (AvgIpc) is 2.97. The Morgan fingerprint density at radius 2 is 1.91 bits per heavy atom. The molecule has 1 amide bonds. The second-order valence-corrected chi connectivity index (χ2v) is 8.81. The van der Waals surface area contributed by atoms with Crippen LogP contribution in [0.25, 0.3) is 0 Å². The highest BCUT2D eigenvalue weighted by molar-refractivity contribution is 7.12. The molecule has 1 N–H and O–H groups in total. The molecule has 4 bridgehead atoms. The van der Waals surface area contributed by atoms with Crippen LogP contribution < -0.4 is 5.43 Å². The van der Waals surface area contributed by atoms with Gasteiger partial charge in [-0.2, -0.15) is 5.10 Å². The molecule has 4 aliphatic carbocycles. The average molecular weight is 316 g/mol. The van der Waals surface area contributed by atoms with Crippen molar-refractivity contribution >= 4 is 23.0 Å². The topological polar surface area (TPSA) is 41.5 Å². The van der Waals surface area contributed by atoms with Gasteiger partial charge in [0.1, 0.15) is 0 Å². The van der Waals surface area contributed by atoms with Gasteiger partial charge in [-0.3, -0.25) is 4.79 Å². The molecular weight excluding hydrogens is 292 g/mol. The summed E-state index contributed by atoms with van der Waals surface area (Å²) in [4.78, 5) is 12.7. The molecule has 1 aromatic rings. The van der Waals surface area contributed by atoms with E-state index in [0.29, 0.717) is 5.41 Å². The summed E-state index contributed by atoms with van der Waals surface area (Å²) in [7, 11) is 0.